The number of rotatable bonds is 3. The summed E-state index contributed by atoms with van der Waals surface area (Å²) in [7, 11) is 1.85. The summed E-state index contributed by atoms with van der Waals surface area (Å²) in [5.41, 5.74) is 2.93. The second kappa shape index (κ2) is 5.70. The van der Waals surface area contributed by atoms with Gasteiger partial charge in [0.15, 0.2) is 0 Å². The summed E-state index contributed by atoms with van der Waals surface area (Å²) < 4.78 is 0. The van der Waals surface area contributed by atoms with Crippen molar-refractivity contribution in [1.29, 1.82) is 0 Å². The molecule has 0 fully saturated rings. The maximum Gasteiger partial charge on any atom is 0.254 e. The maximum atomic E-state index is 12.5. The summed E-state index contributed by atoms with van der Waals surface area (Å²) in [6, 6.07) is 17.8. The van der Waals surface area contributed by atoms with E-state index in [1.807, 2.05) is 75.5 Å². The highest BCUT2D eigenvalue weighted by Crippen LogP contribution is 2.21. The average Bonchev–Trinajstić information content (AvgIpc) is 2.46. The SMILES string of the molecule is Cc1ccccc1C(=O)N(C)C(C)c1ccccc1. The van der Waals surface area contributed by atoms with Crippen molar-refractivity contribution in [1.82, 2.24) is 4.90 Å². The first-order valence-corrected chi connectivity index (χ1v) is 6.49. The Morgan fingerprint density at radius 3 is 2.21 bits per heavy atom. The number of nitrogens with zero attached hydrogens (tertiary/aromatic N) is 1. The van der Waals surface area contributed by atoms with Gasteiger partial charge in [0.25, 0.3) is 5.91 Å². The van der Waals surface area contributed by atoms with Gasteiger partial charge in [-0.2, -0.15) is 0 Å². The number of aryl methyl sites for hydroxylation is 1. The van der Waals surface area contributed by atoms with Gasteiger partial charge in [0, 0.05) is 12.6 Å². The minimum Gasteiger partial charge on any atom is -0.335 e. The molecule has 0 aliphatic rings. The molecule has 1 unspecified atom stereocenters. The smallest absolute Gasteiger partial charge is 0.254 e. The van der Waals surface area contributed by atoms with Gasteiger partial charge >= 0.3 is 0 Å². The second-order valence-electron chi connectivity index (χ2n) is 4.82. The van der Waals surface area contributed by atoms with Crippen LogP contribution in [0.4, 0.5) is 0 Å². The monoisotopic (exact) mass is 253 g/mol. The Labute approximate surface area is 114 Å². The van der Waals surface area contributed by atoms with Crippen molar-refractivity contribution in [2.75, 3.05) is 7.05 Å². The molecule has 0 aliphatic carbocycles. The van der Waals surface area contributed by atoms with Crippen molar-refractivity contribution in [3.8, 4) is 0 Å². The van der Waals surface area contributed by atoms with E-state index in [2.05, 4.69) is 0 Å². The summed E-state index contributed by atoms with van der Waals surface area (Å²) in [4.78, 5) is 14.3. The fourth-order valence-electron chi connectivity index (χ4n) is 2.13. The molecule has 1 atom stereocenters. The topological polar surface area (TPSA) is 20.3 Å². The summed E-state index contributed by atoms with van der Waals surface area (Å²) in [6.07, 6.45) is 0. The summed E-state index contributed by atoms with van der Waals surface area (Å²) in [6.45, 7) is 4.01. The van der Waals surface area contributed by atoms with Gasteiger partial charge < -0.3 is 4.90 Å². The molecule has 98 valence electrons. The minimum atomic E-state index is 0.0632. The molecule has 2 aromatic rings. The fraction of sp³-hybridized carbons (Fsp3) is 0.235. The lowest BCUT2D eigenvalue weighted by molar-refractivity contribution is 0.0742. The predicted molar refractivity (Wildman–Crippen MR) is 78.1 cm³/mol. The highest BCUT2D eigenvalue weighted by Gasteiger charge is 2.19. The number of carbonyl (C=O) groups is 1. The van der Waals surface area contributed by atoms with Crippen molar-refractivity contribution in [3.05, 3.63) is 71.3 Å². The zero-order valence-corrected chi connectivity index (χ0v) is 11.6. The lowest BCUT2D eigenvalue weighted by atomic mass is 10.0. The average molecular weight is 253 g/mol. The molecule has 0 heterocycles. The van der Waals surface area contributed by atoms with Gasteiger partial charge in [0.1, 0.15) is 0 Å². The van der Waals surface area contributed by atoms with Gasteiger partial charge in [-0.25, -0.2) is 0 Å². The highest BCUT2D eigenvalue weighted by molar-refractivity contribution is 5.95. The summed E-state index contributed by atoms with van der Waals surface area (Å²) in [5, 5.41) is 0. The van der Waals surface area contributed by atoms with Gasteiger partial charge in [-0.05, 0) is 31.0 Å². The number of hydrogen-bond donors (Lipinski definition) is 0. The van der Waals surface area contributed by atoms with Gasteiger partial charge in [-0.3, -0.25) is 4.79 Å². The van der Waals surface area contributed by atoms with E-state index in [0.29, 0.717) is 0 Å². The summed E-state index contributed by atoms with van der Waals surface area (Å²) >= 11 is 0. The number of amides is 1. The van der Waals surface area contributed by atoms with Crippen LogP contribution in [-0.2, 0) is 0 Å². The molecule has 2 heteroatoms. The molecule has 2 rings (SSSR count). The first-order valence-electron chi connectivity index (χ1n) is 6.49. The van der Waals surface area contributed by atoms with Crippen LogP contribution in [0.1, 0.15) is 34.5 Å². The third-order valence-electron chi connectivity index (χ3n) is 3.56. The standard InChI is InChI=1S/C17H19NO/c1-13-9-7-8-12-16(13)17(19)18(3)14(2)15-10-5-4-6-11-15/h4-12,14H,1-3H3. The Kier molecular flexibility index (Phi) is 4.00. The zero-order valence-electron chi connectivity index (χ0n) is 11.6. The van der Waals surface area contributed by atoms with Crippen molar-refractivity contribution in [2.24, 2.45) is 0 Å². The van der Waals surface area contributed by atoms with Crippen LogP contribution in [0.5, 0.6) is 0 Å². The Balaban J connectivity index is 2.23. The van der Waals surface area contributed by atoms with Crippen molar-refractivity contribution in [2.45, 2.75) is 19.9 Å². The normalized spacial score (nSPS) is 11.9. The molecule has 0 saturated heterocycles. The lowest BCUT2D eigenvalue weighted by Gasteiger charge is -2.26. The van der Waals surface area contributed by atoms with E-state index in [4.69, 9.17) is 0 Å². The lowest BCUT2D eigenvalue weighted by Crippen LogP contribution is -2.30. The molecule has 0 N–H and O–H groups in total. The van der Waals surface area contributed by atoms with Crippen LogP contribution in [0.15, 0.2) is 54.6 Å². The first kappa shape index (κ1) is 13.3. The van der Waals surface area contributed by atoms with Gasteiger partial charge in [-0.1, -0.05) is 48.5 Å². The van der Waals surface area contributed by atoms with Crippen LogP contribution in [0.2, 0.25) is 0 Å². The number of carbonyl (C=O) groups excluding carboxylic acids is 1. The van der Waals surface area contributed by atoms with E-state index in [0.717, 1.165) is 16.7 Å². The van der Waals surface area contributed by atoms with Gasteiger partial charge in [0.05, 0.1) is 6.04 Å². The molecular formula is C17H19NO. The molecule has 0 saturated carbocycles. The van der Waals surface area contributed by atoms with Gasteiger partial charge in [0.2, 0.25) is 0 Å². The Bertz CT molecular complexity index is 562. The van der Waals surface area contributed by atoms with Crippen LogP contribution < -0.4 is 0 Å². The predicted octanol–water partition coefficient (Wildman–Crippen LogP) is 3.83. The molecule has 2 nitrogen and oxygen atoms in total. The Morgan fingerprint density at radius 1 is 1.00 bits per heavy atom. The third-order valence-corrected chi connectivity index (χ3v) is 3.56. The molecule has 0 bridgehead atoms. The van der Waals surface area contributed by atoms with Crippen molar-refractivity contribution in [3.63, 3.8) is 0 Å². The molecule has 0 spiro atoms. The molecule has 1 amide bonds. The number of hydrogen-bond acceptors (Lipinski definition) is 1. The molecule has 19 heavy (non-hydrogen) atoms. The molecule has 0 radical (unpaired) electrons. The van der Waals surface area contributed by atoms with Crippen LogP contribution in [0.25, 0.3) is 0 Å². The quantitative estimate of drug-likeness (QED) is 0.814. The number of benzene rings is 2. The fourth-order valence-corrected chi connectivity index (χ4v) is 2.13. The van der Waals surface area contributed by atoms with Crippen LogP contribution in [0.3, 0.4) is 0 Å². The Hall–Kier alpha value is -2.09. The minimum absolute atomic E-state index is 0.0632. The van der Waals surface area contributed by atoms with Crippen LogP contribution in [0, 0.1) is 6.92 Å². The van der Waals surface area contributed by atoms with E-state index in [1.165, 1.54) is 0 Å². The van der Waals surface area contributed by atoms with Crippen LogP contribution in [-0.4, -0.2) is 17.9 Å². The van der Waals surface area contributed by atoms with E-state index < -0.39 is 0 Å². The van der Waals surface area contributed by atoms with E-state index in [9.17, 15) is 4.79 Å². The largest absolute Gasteiger partial charge is 0.335 e. The molecule has 2 aromatic carbocycles. The zero-order chi connectivity index (χ0) is 13.8. The molecule has 0 aliphatic heterocycles. The van der Waals surface area contributed by atoms with Crippen molar-refractivity contribution < 1.29 is 4.79 Å². The highest BCUT2D eigenvalue weighted by atomic mass is 16.2. The maximum absolute atomic E-state index is 12.5. The first-order chi connectivity index (χ1) is 9.11. The van der Waals surface area contributed by atoms with Gasteiger partial charge in [-0.15, -0.1) is 0 Å². The summed E-state index contributed by atoms with van der Waals surface area (Å²) in [5.74, 6) is 0.0643. The molecule has 0 aromatic heterocycles. The van der Waals surface area contributed by atoms with Crippen LogP contribution >= 0.6 is 0 Å². The van der Waals surface area contributed by atoms with Crippen molar-refractivity contribution >= 4 is 5.91 Å². The second-order valence-corrected chi connectivity index (χ2v) is 4.82. The third kappa shape index (κ3) is 2.84. The molecular weight excluding hydrogens is 234 g/mol. The van der Waals surface area contributed by atoms with E-state index >= 15 is 0 Å². The van der Waals surface area contributed by atoms with E-state index in [-0.39, 0.29) is 11.9 Å². The Morgan fingerprint density at radius 2 is 1.58 bits per heavy atom. The van der Waals surface area contributed by atoms with E-state index in [1.54, 1.807) is 4.90 Å².